The van der Waals surface area contributed by atoms with Crippen LogP contribution in [0.15, 0.2) is 0 Å². The molecular formula is C13H22N2O4. The molecule has 0 bridgehead atoms. The van der Waals surface area contributed by atoms with Crippen LogP contribution in [-0.2, 0) is 9.53 Å². The Kier molecular flexibility index (Phi) is 4.63. The molecule has 2 heterocycles. The molecule has 2 rings (SSSR count). The van der Waals surface area contributed by atoms with E-state index < -0.39 is 12.0 Å². The Labute approximate surface area is 113 Å². The summed E-state index contributed by atoms with van der Waals surface area (Å²) in [7, 11) is 0. The molecule has 0 aromatic heterocycles. The molecule has 19 heavy (non-hydrogen) atoms. The van der Waals surface area contributed by atoms with Gasteiger partial charge in [0.1, 0.15) is 6.04 Å². The predicted molar refractivity (Wildman–Crippen MR) is 69.0 cm³/mol. The highest BCUT2D eigenvalue weighted by atomic mass is 16.5. The lowest BCUT2D eigenvalue weighted by molar-refractivity contribution is -0.143. The molecule has 2 unspecified atom stereocenters. The van der Waals surface area contributed by atoms with Crippen molar-refractivity contribution < 1.29 is 19.4 Å². The van der Waals surface area contributed by atoms with Crippen LogP contribution in [0.2, 0.25) is 0 Å². The number of hydrogen-bond acceptors (Lipinski definition) is 3. The van der Waals surface area contributed by atoms with E-state index in [0.717, 1.165) is 19.3 Å². The molecule has 6 heteroatoms. The monoisotopic (exact) mass is 270 g/mol. The fourth-order valence-corrected chi connectivity index (χ4v) is 2.77. The largest absolute Gasteiger partial charge is 0.480 e. The van der Waals surface area contributed by atoms with Crippen LogP contribution in [0.3, 0.4) is 0 Å². The summed E-state index contributed by atoms with van der Waals surface area (Å²) in [5, 5.41) is 9.23. The van der Waals surface area contributed by atoms with Crippen molar-refractivity contribution in [1.82, 2.24) is 9.80 Å². The lowest BCUT2D eigenvalue weighted by Crippen LogP contribution is -2.54. The molecule has 0 aliphatic carbocycles. The smallest absolute Gasteiger partial charge is 0.326 e. The second kappa shape index (κ2) is 6.23. The molecule has 0 radical (unpaired) electrons. The highest BCUT2D eigenvalue weighted by Crippen LogP contribution is 2.20. The number of likely N-dealkylation sites (tertiary alicyclic amines) is 1. The zero-order valence-electron chi connectivity index (χ0n) is 11.4. The van der Waals surface area contributed by atoms with Gasteiger partial charge in [0, 0.05) is 26.2 Å². The summed E-state index contributed by atoms with van der Waals surface area (Å²) in [6.45, 7) is 4.33. The second-order valence-electron chi connectivity index (χ2n) is 5.31. The van der Waals surface area contributed by atoms with Crippen molar-refractivity contribution in [2.45, 2.75) is 44.8 Å². The van der Waals surface area contributed by atoms with Gasteiger partial charge in [0.2, 0.25) is 0 Å². The van der Waals surface area contributed by atoms with Crippen molar-refractivity contribution in [3.63, 3.8) is 0 Å². The molecule has 2 atom stereocenters. The number of rotatable bonds is 1. The number of aliphatic carboxylic acids is 1. The first-order valence-corrected chi connectivity index (χ1v) is 6.99. The standard InChI is InChI=1S/C13H22N2O4/c1-10-9-14(6-4-8-19-10)13(18)15-7-3-2-5-11(15)12(16)17/h10-11H,2-9H2,1H3,(H,16,17). The van der Waals surface area contributed by atoms with Crippen molar-refractivity contribution in [2.24, 2.45) is 0 Å². The summed E-state index contributed by atoms with van der Waals surface area (Å²) in [5.74, 6) is -0.896. The molecule has 1 N–H and O–H groups in total. The summed E-state index contributed by atoms with van der Waals surface area (Å²) < 4.78 is 5.52. The maximum absolute atomic E-state index is 12.5. The van der Waals surface area contributed by atoms with Gasteiger partial charge in [0.15, 0.2) is 0 Å². The number of nitrogens with zero attached hydrogens (tertiary/aromatic N) is 2. The minimum absolute atomic E-state index is 0.0134. The van der Waals surface area contributed by atoms with Crippen LogP contribution in [0.25, 0.3) is 0 Å². The van der Waals surface area contributed by atoms with Crippen molar-refractivity contribution in [3.05, 3.63) is 0 Å². The van der Waals surface area contributed by atoms with Gasteiger partial charge in [-0.2, -0.15) is 0 Å². The van der Waals surface area contributed by atoms with E-state index in [-0.39, 0.29) is 12.1 Å². The van der Waals surface area contributed by atoms with Crippen molar-refractivity contribution in [3.8, 4) is 0 Å². The first kappa shape index (κ1) is 14.1. The van der Waals surface area contributed by atoms with Crippen LogP contribution in [0.4, 0.5) is 4.79 Å². The Bertz CT molecular complexity index is 348. The Morgan fingerprint density at radius 1 is 1.21 bits per heavy atom. The van der Waals surface area contributed by atoms with Crippen LogP contribution < -0.4 is 0 Å². The summed E-state index contributed by atoms with van der Waals surface area (Å²) in [5.41, 5.74) is 0. The Morgan fingerprint density at radius 3 is 2.74 bits per heavy atom. The van der Waals surface area contributed by atoms with Crippen molar-refractivity contribution in [2.75, 3.05) is 26.2 Å². The number of carbonyl (C=O) groups is 2. The lowest BCUT2D eigenvalue weighted by atomic mass is 10.0. The van der Waals surface area contributed by atoms with Gasteiger partial charge < -0.3 is 19.6 Å². The van der Waals surface area contributed by atoms with Gasteiger partial charge in [0.25, 0.3) is 0 Å². The fourth-order valence-electron chi connectivity index (χ4n) is 2.77. The molecule has 0 aromatic rings. The fraction of sp³-hybridized carbons (Fsp3) is 0.846. The minimum atomic E-state index is -0.896. The number of carbonyl (C=O) groups excluding carboxylic acids is 1. The highest BCUT2D eigenvalue weighted by Gasteiger charge is 2.35. The van der Waals surface area contributed by atoms with E-state index in [9.17, 15) is 14.7 Å². The van der Waals surface area contributed by atoms with Crippen LogP contribution in [-0.4, -0.2) is 65.3 Å². The normalized spacial score (nSPS) is 28.9. The first-order chi connectivity index (χ1) is 9.09. The Balaban J connectivity index is 2.05. The SMILES string of the molecule is CC1CN(C(=O)N2CCCCC2C(=O)O)CCCO1. The average molecular weight is 270 g/mol. The number of amides is 2. The van der Waals surface area contributed by atoms with E-state index in [0.29, 0.717) is 32.7 Å². The van der Waals surface area contributed by atoms with E-state index >= 15 is 0 Å². The molecule has 2 amide bonds. The maximum atomic E-state index is 12.5. The van der Waals surface area contributed by atoms with Crippen molar-refractivity contribution >= 4 is 12.0 Å². The van der Waals surface area contributed by atoms with Gasteiger partial charge in [-0.05, 0) is 32.6 Å². The molecule has 108 valence electrons. The number of ether oxygens (including phenoxy) is 1. The molecular weight excluding hydrogens is 248 g/mol. The summed E-state index contributed by atoms with van der Waals surface area (Å²) >= 11 is 0. The molecule has 2 fully saturated rings. The van der Waals surface area contributed by atoms with E-state index in [1.807, 2.05) is 6.92 Å². The lowest BCUT2D eigenvalue weighted by Gasteiger charge is -2.37. The highest BCUT2D eigenvalue weighted by molar-refractivity contribution is 5.83. The van der Waals surface area contributed by atoms with E-state index in [1.54, 1.807) is 4.90 Å². The number of urea groups is 1. The van der Waals surface area contributed by atoms with Gasteiger partial charge in [-0.25, -0.2) is 9.59 Å². The zero-order valence-corrected chi connectivity index (χ0v) is 11.4. The Hall–Kier alpha value is -1.30. The van der Waals surface area contributed by atoms with Crippen LogP contribution in [0.1, 0.15) is 32.6 Å². The molecule has 6 nitrogen and oxygen atoms in total. The van der Waals surface area contributed by atoms with Gasteiger partial charge in [-0.1, -0.05) is 0 Å². The first-order valence-electron chi connectivity index (χ1n) is 6.99. The van der Waals surface area contributed by atoms with Crippen LogP contribution >= 0.6 is 0 Å². The maximum Gasteiger partial charge on any atom is 0.326 e. The third-order valence-corrected chi connectivity index (χ3v) is 3.76. The number of carboxylic acids is 1. The topological polar surface area (TPSA) is 70.1 Å². The Morgan fingerprint density at radius 2 is 2.00 bits per heavy atom. The molecule has 0 saturated carbocycles. The van der Waals surface area contributed by atoms with Gasteiger partial charge >= 0.3 is 12.0 Å². The summed E-state index contributed by atoms with van der Waals surface area (Å²) in [4.78, 5) is 27.0. The quantitative estimate of drug-likeness (QED) is 0.776. The van der Waals surface area contributed by atoms with E-state index in [1.165, 1.54) is 4.90 Å². The molecule has 2 saturated heterocycles. The third-order valence-electron chi connectivity index (χ3n) is 3.76. The van der Waals surface area contributed by atoms with Crippen LogP contribution in [0, 0.1) is 0 Å². The minimum Gasteiger partial charge on any atom is -0.480 e. The van der Waals surface area contributed by atoms with E-state index in [2.05, 4.69) is 0 Å². The van der Waals surface area contributed by atoms with E-state index in [4.69, 9.17) is 4.74 Å². The molecule has 2 aliphatic heterocycles. The van der Waals surface area contributed by atoms with Gasteiger partial charge in [0.05, 0.1) is 6.10 Å². The summed E-state index contributed by atoms with van der Waals surface area (Å²) in [6, 6.07) is -0.815. The number of piperidine rings is 1. The van der Waals surface area contributed by atoms with Crippen molar-refractivity contribution in [1.29, 1.82) is 0 Å². The average Bonchev–Trinajstić information content (AvgIpc) is 2.62. The summed E-state index contributed by atoms with van der Waals surface area (Å²) in [6.07, 6.45) is 3.14. The zero-order chi connectivity index (χ0) is 13.8. The third kappa shape index (κ3) is 3.37. The van der Waals surface area contributed by atoms with Gasteiger partial charge in [-0.3, -0.25) is 0 Å². The molecule has 0 spiro atoms. The molecule has 2 aliphatic rings. The second-order valence-corrected chi connectivity index (χ2v) is 5.31. The molecule has 0 aromatic carbocycles. The number of hydrogen-bond donors (Lipinski definition) is 1. The van der Waals surface area contributed by atoms with Crippen LogP contribution in [0.5, 0.6) is 0 Å². The predicted octanol–water partition coefficient (Wildman–Crippen LogP) is 1.16. The number of carboxylic acid groups (broad SMARTS) is 1. The van der Waals surface area contributed by atoms with Gasteiger partial charge in [-0.15, -0.1) is 0 Å².